The number of hydrogen-bond donors (Lipinski definition) is 1. The Morgan fingerprint density at radius 1 is 1.26 bits per heavy atom. The first-order chi connectivity index (χ1) is 16.3. The third-order valence-electron chi connectivity index (χ3n) is 5.89. The molecule has 3 aromatic rings. The van der Waals surface area contributed by atoms with Crippen LogP contribution in [0.5, 0.6) is 5.75 Å². The monoisotopic (exact) mass is 479 g/mol. The van der Waals surface area contributed by atoms with Gasteiger partial charge in [0.1, 0.15) is 11.8 Å². The van der Waals surface area contributed by atoms with Crippen molar-refractivity contribution in [2.45, 2.75) is 46.3 Å². The zero-order valence-corrected chi connectivity index (χ0v) is 20.9. The van der Waals surface area contributed by atoms with Crippen LogP contribution in [0.3, 0.4) is 0 Å². The number of rotatable bonds is 7. The maximum Gasteiger partial charge on any atom is 0.268 e. The Morgan fingerprint density at radius 3 is 2.82 bits per heavy atom. The van der Waals surface area contributed by atoms with Gasteiger partial charge in [0.25, 0.3) is 5.91 Å². The fraction of sp³-hybridized carbons (Fsp3) is 0.346. The molecular formula is C26H29N3O4S. The third-order valence-corrected chi connectivity index (χ3v) is 6.80. The zero-order valence-electron chi connectivity index (χ0n) is 20.0. The second-order valence-electron chi connectivity index (χ2n) is 8.50. The summed E-state index contributed by atoms with van der Waals surface area (Å²) in [7, 11) is 1.67. The van der Waals surface area contributed by atoms with Crippen molar-refractivity contribution in [3.8, 4) is 17.0 Å². The minimum absolute atomic E-state index is 0.257. The molecule has 0 fully saturated rings. The van der Waals surface area contributed by atoms with Crippen molar-refractivity contribution in [2.75, 3.05) is 23.9 Å². The first-order valence-electron chi connectivity index (χ1n) is 11.2. The van der Waals surface area contributed by atoms with Crippen LogP contribution < -0.4 is 15.0 Å². The highest BCUT2D eigenvalue weighted by Crippen LogP contribution is 2.39. The summed E-state index contributed by atoms with van der Waals surface area (Å²) < 4.78 is 11.0. The first kappa shape index (κ1) is 23.9. The molecule has 2 heterocycles. The summed E-state index contributed by atoms with van der Waals surface area (Å²) in [5, 5.41) is 5.96. The van der Waals surface area contributed by atoms with Crippen molar-refractivity contribution in [2.24, 2.45) is 0 Å². The van der Waals surface area contributed by atoms with Gasteiger partial charge >= 0.3 is 0 Å². The Kier molecular flexibility index (Phi) is 7.00. The molecule has 1 aromatic heterocycles. The van der Waals surface area contributed by atoms with Gasteiger partial charge in [-0.25, -0.2) is 4.98 Å². The molecule has 8 heteroatoms. The van der Waals surface area contributed by atoms with Crippen LogP contribution >= 0.6 is 11.3 Å². The highest BCUT2D eigenvalue weighted by Gasteiger charge is 2.37. The molecule has 2 amide bonds. The van der Waals surface area contributed by atoms with Gasteiger partial charge in [-0.3, -0.25) is 14.5 Å². The fourth-order valence-corrected chi connectivity index (χ4v) is 4.68. The first-order valence-corrected chi connectivity index (χ1v) is 12.1. The number of aryl methyl sites for hydroxylation is 2. The number of thiazole rings is 1. The molecule has 0 radical (unpaired) electrons. The average molecular weight is 480 g/mol. The molecule has 2 aromatic carbocycles. The van der Waals surface area contributed by atoms with Gasteiger partial charge < -0.3 is 14.8 Å². The molecule has 4 rings (SSSR count). The fourth-order valence-electron chi connectivity index (χ4n) is 3.89. The summed E-state index contributed by atoms with van der Waals surface area (Å²) in [6, 6.07) is 10.8. The second-order valence-corrected chi connectivity index (χ2v) is 9.45. The van der Waals surface area contributed by atoms with Crippen molar-refractivity contribution < 1.29 is 19.1 Å². The maximum absolute atomic E-state index is 13.2. The van der Waals surface area contributed by atoms with Gasteiger partial charge in [0.05, 0.1) is 23.0 Å². The van der Waals surface area contributed by atoms with Gasteiger partial charge in [-0.2, -0.15) is 0 Å². The number of benzene rings is 2. The lowest BCUT2D eigenvalue weighted by molar-refractivity contribution is -0.128. The van der Waals surface area contributed by atoms with Crippen molar-refractivity contribution in [1.82, 2.24) is 4.98 Å². The molecule has 2 atom stereocenters. The number of anilines is 2. The van der Waals surface area contributed by atoms with E-state index in [-0.39, 0.29) is 11.8 Å². The van der Waals surface area contributed by atoms with E-state index in [1.54, 1.807) is 32.3 Å². The molecule has 2 unspecified atom stereocenters. The van der Waals surface area contributed by atoms with E-state index >= 15 is 0 Å². The van der Waals surface area contributed by atoms with Gasteiger partial charge in [-0.1, -0.05) is 12.1 Å². The minimum atomic E-state index is -0.736. The van der Waals surface area contributed by atoms with E-state index in [9.17, 15) is 9.59 Å². The lowest BCUT2D eigenvalue weighted by Gasteiger charge is -2.36. The number of methoxy groups -OCH3 is 1. The van der Waals surface area contributed by atoms with Crippen molar-refractivity contribution in [3.05, 3.63) is 57.9 Å². The third kappa shape index (κ3) is 4.83. The van der Waals surface area contributed by atoms with Gasteiger partial charge in [0.2, 0.25) is 5.91 Å². The predicted octanol–water partition coefficient (Wildman–Crippen LogP) is 4.76. The number of nitrogens with zero attached hydrogens (tertiary/aromatic N) is 2. The zero-order chi connectivity index (χ0) is 24.4. The minimum Gasteiger partial charge on any atom is -0.479 e. The number of carbonyl (C=O) groups is 2. The van der Waals surface area contributed by atoms with Gasteiger partial charge in [0.15, 0.2) is 6.10 Å². The highest BCUT2D eigenvalue weighted by molar-refractivity contribution is 7.09. The van der Waals surface area contributed by atoms with E-state index in [0.29, 0.717) is 18.0 Å². The van der Waals surface area contributed by atoms with E-state index in [4.69, 9.17) is 14.5 Å². The standard InChI is InChI=1S/C26H29N3O4S/c1-15-6-7-16(2)20(12-15)28-25(30)17(3)29-22-13-19(8-9-23(22)33-18(4)26(29)31)21-14-34-24(27-21)10-11-32-5/h6-9,12-14,17-18H,10-11H2,1-5H3,(H,28,30). The quantitative estimate of drug-likeness (QED) is 0.529. The topological polar surface area (TPSA) is 80.8 Å². The van der Waals surface area contributed by atoms with Crippen LogP contribution in [0.1, 0.15) is 30.0 Å². The lowest BCUT2D eigenvalue weighted by Crippen LogP contribution is -2.52. The highest BCUT2D eigenvalue weighted by atomic mass is 32.1. The molecule has 0 bridgehead atoms. The van der Waals surface area contributed by atoms with Gasteiger partial charge in [0, 0.05) is 30.2 Å². The Hall–Kier alpha value is -3.23. The number of carbonyl (C=O) groups excluding carboxylic acids is 2. The SMILES string of the molecule is COCCc1nc(-c2ccc3c(c2)N(C(C)C(=O)Nc2cc(C)ccc2C)C(=O)C(C)O3)cs1. The number of aromatic nitrogens is 1. The van der Waals surface area contributed by atoms with Gasteiger partial charge in [-0.15, -0.1) is 11.3 Å². The summed E-state index contributed by atoms with van der Waals surface area (Å²) >= 11 is 1.57. The van der Waals surface area contributed by atoms with Crippen molar-refractivity contribution in [1.29, 1.82) is 0 Å². The number of amides is 2. The Balaban J connectivity index is 1.64. The second kappa shape index (κ2) is 9.95. The summed E-state index contributed by atoms with van der Waals surface area (Å²) in [6.07, 6.45) is 0.0571. The molecule has 0 saturated carbocycles. The van der Waals surface area contributed by atoms with Crippen LogP contribution in [0.15, 0.2) is 41.8 Å². The maximum atomic E-state index is 13.2. The normalized spacial score (nSPS) is 16.1. The Bertz CT molecular complexity index is 1220. The van der Waals surface area contributed by atoms with Gasteiger partial charge in [-0.05, 0) is 63.1 Å². The van der Waals surface area contributed by atoms with Crippen LogP contribution in [-0.2, 0) is 20.7 Å². The molecule has 7 nitrogen and oxygen atoms in total. The molecular weight excluding hydrogens is 450 g/mol. The Labute approximate surface area is 203 Å². The summed E-state index contributed by atoms with van der Waals surface area (Å²) in [5.74, 6) is 0.0485. The summed E-state index contributed by atoms with van der Waals surface area (Å²) in [6.45, 7) is 7.96. The van der Waals surface area contributed by atoms with E-state index < -0.39 is 12.1 Å². The lowest BCUT2D eigenvalue weighted by atomic mass is 10.1. The number of fused-ring (bicyclic) bond motifs is 1. The number of hydrogen-bond acceptors (Lipinski definition) is 6. The van der Waals surface area contributed by atoms with E-state index in [1.165, 1.54) is 4.90 Å². The molecule has 0 saturated heterocycles. The van der Waals surface area contributed by atoms with Crippen molar-refractivity contribution >= 4 is 34.5 Å². The molecule has 34 heavy (non-hydrogen) atoms. The van der Waals surface area contributed by atoms with Crippen LogP contribution in [0.25, 0.3) is 11.3 Å². The predicted molar refractivity (Wildman–Crippen MR) is 135 cm³/mol. The summed E-state index contributed by atoms with van der Waals surface area (Å²) in [4.78, 5) is 32.6. The van der Waals surface area contributed by atoms with E-state index in [1.807, 2.05) is 55.6 Å². The molecule has 1 aliphatic rings. The van der Waals surface area contributed by atoms with Crippen LogP contribution in [-0.4, -0.2) is 42.7 Å². The molecule has 0 aliphatic carbocycles. The van der Waals surface area contributed by atoms with Crippen LogP contribution in [0.2, 0.25) is 0 Å². The van der Waals surface area contributed by atoms with E-state index in [2.05, 4.69) is 5.32 Å². The van der Waals surface area contributed by atoms with Crippen LogP contribution in [0.4, 0.5) is 11.4 Å². The molecule has 1 aliphatic heterocycles. The summed E-state index contributed by atoms with van der Waals surface area (Å²) in [5.41, 5.74) is 4.99. The largest absolute Gasteiger partial charge is 0.479 e. The van der Waals surface area contributed by atoms with Crippen LogP contribution in [0, 0.1) is 13.8 Å². The van der Waals surface area contributed by atoms with Crippen molar-refractivity contribution in [3.63, 3.8) is 0 Å². The number of ether oxygens (including phenoxy) is 2. The molecule has 0 spiro atoms. The number of nitrogens with one attached hydrogen (secondary N) is 1. The average Bonchev–Trinajstić information content (AvgIpc) is 3.29. The molecule has 178 valence electrons. The smallest absolute Gasteiger partial charge is 0.268 e. The Morgan fingerprint density at radius 2 is 2.06 bits per heavy atom. The molecule has 1 N–H and O–H groups in total. The van der Waals surface area contributed by atoms with E-state index in [0.717, 1.165) is 39.5 Å².